The average molecular weight is 442 g/mol. The van der Waals surface area contributed by atoms with Gasteiger partial charge in [-0.15, -0.1) is 22.7 Å². The number of ether oxygens (including phenoxy) is 1. The molecule has 0 bridgehead atoms. The third kappa shape index (κ3) is 5.25. The quantitative estimate of drug-likeness (QED) is 0.605. The lowest BCUT2D eigenvalue weighted by Gasteiger charge is -2.31. The fraction of sp³-hybridized carbons (Fsp3) is 0.318. The highest BCUT2D eigenvalue weighted by atomic mass is 32.1. The van der Waals surface area contributed by atoms with Crippen LogP contribution in [0.4, 0.5) is 0 Å². The largest absolute Gasteiger partial charge is 0.484 e. The molecule has 0 aliphatic carbocycles. The molecule has 0 saturated carbocycles. The number of nitrogens with one attached hydrogen (secondary N) is 1. The van der Waals surface area contributed by atoms with E-state index in [1.807, 2.05) is 53.2 Å². The molecule has 0 unspecified atom stereocenters. The van der Waals surface area contributed by atoms with Gasteiger partial charge < -0.3 is 15.0 Å². The topological polar surface area (TPSA) is 71.5 Å². The first kappa shape index (κ1) is 20.6. The zero-order valence-electron chi connectivity index (χ0n) is 16.5. The smallest absolute Gasteiger partial charge is 0.260 e. The van der Waals surface area contributed by atoms with Crippen LogP contribution in [0.15, 0.2) is 53.2 Å². The normalized spacial score (nSPS) is 14.5. The Morgan fingerprint density at radius 3 is 2.63 bits per heavy atom. The van der Waals surface area contributed by atoms with E-state index >= 15 is 0 Å². The van der Waals surface area contributed by atoms with Gasteiger partial charge >= 0.3 is 0 Å². The fourth-order valence-corrected chi connectivity index (χ4v) is 5.00. The SMILES string of the molecule is O=C(NCc1csc(-c2cccs2)n1)C1CCN(C(=O)COc2ccccc2)CC1. The number of rotatable bonds is 7. The van der Waals surface area contributed by atoms with E-state index in [0.29, 0.717) is 38.2 Å². The van der Waals surface area contributed by atoms with Gasteiger partial charge in [-0.2, -0.15) is 0 Å². The third-order valence-electron chi connectivity index (χ3n) is 5.05. The zero-order chi connectivity index (χ0) is 20.8. The molecule has 1 aliphatic rings. The van der Waals surface area contributed by atoms with Crippen molar-refractivity contribution in [3.8, 4) is 15.6 Å². The summed E-state index contributed by atoms with van der Waals surface area (Å²) >= 11 is 3.25. The van der Waals surface area contributed by atoms with Crippen LogP contribution in [0.1, 0.15) is 18.5 Å². The van der Waals surface area contributed by atoms with Crippen LogP contribution in [0.3, 0.4) is 0 Å². The highest BCUT2D eigenvalue weighted by Crippen LogP contribution is 2.27. The number of nitrogens with zero attached hydrogens (tertiary/aromatic N) is 2. The molecular weight excluding hydrogens is 418 g/mol. The van der Waals surface area contributed by atoms with Gasteiger partial charge in [-0.3, -0.25) is 9.59 Å². The molecule has 4 rings (SSSR count). The highest BCUT2D eigenvalue weighted by Gasteiger charge is 2.27. The second-order valence-corrected chi connectivity index (χ2v) is 8.90. The van der Waals surface area contributed by atoms with Crippen molar-refractivity contribution in [3.63, 3.8) is 0 Å². The third-order valence-corrected chi connectivity index (χ3v) is 6.98. The van der Waals surface area contributed by atoms with Crippen LogP contribution in [0.25, 0.3) is 9.88 Å². The van der Waals surface area contributed by atoms with Crippen LogP contribution in [0.5, 0.6) is 5.75 Å². The monoisotopic (exact) mass is 441 g/mol. The number of carbonyl (C=O) groups is 2. The number of benzene rings is 1. The summed E-state index contributed by atoms with van der Waals surface area (Å²) in [5.74, 6) is 0.610. The van der Waals surface area contributed by atoms with Gasteiger partial charge in [-0.05, 0) is 36.4 Å². The molecule has 1 aliphatic heterocycles. The molecular formula is C22H23N3O3S2. The minimum absolute atomic E-state index is 0.0251. The molecule has 0 atom stereocenters. The number of carbonyl (C=O) groups excluding carboxylic acids is 2. The predicted octanol–water partition coefficient (Wildman–Crippen LogP) is 3.81. The maximum absolute atomic E-state index is 12.5. The first-order valence-corrected chi connectivity index (χ1v) is 11.7. The fourth-order valence-electron chi connectivity index (χ4n) is 3.37. The van der Waals surface area contributed by atoms with E-state index in [2.05, 4.69) is 10.3 Å². The summed E-state index contributed by atoms with van der Waals surface area (Å²) < 4.78 is 5.54. The lowest BCUT2D eigenvalue weighted by molar-refractivity contribution is -0.137. The van der Waals surface area contributed by atoms with Crippen molar-refractivity contribution in [2.45, 2.75) is 19.4 Å². The number of amides is 2. The molecule has 2 aromatic heterocycles. The van der Waals surface area contributed by atoms with E-state index in [-0.39, 0.29) is 24.3 Å². The number of thiophene rings is 1. The van der Waals surface area contributed by atoms with Gasteiger partial charge in [0.15, 0.2) is 6.61 Å². The Morgan fingerprint density at radius 1 is 1.10 bits per heavy atom. The zero-order valence-corrected chi connectivity index (χ0v) is 18.1. The van der Waals surface area contributed by atoms with Crippen molar-refractivity contribution in [2.75, 3.05) is 19.7 Å². The molecule has 1 saturated heterocycles. The van der Waals surface area contributed by atoms with E-state index in [1.165, 1.54) is 0 Å². The summed E-state index contributed by atoms with van der Waals surface area (Å²) in [4.78, 5) is 32.4. The molecule has 2 amide bonds. The number of piperidine rings is 1. The number of likely N-dealkylation sites (tertiary alicyclic amines) is 1. The van der Waals surface area contributed by atoms with Crippen LogP contribution < -0.4 is 10.1 Å². The van der Waals surface area contributed by atoms with Gasteiger partial charge in [0.2, 0.25) is 5.91 Å². The molecule has 30 heavy (non-hydrogen) atoms. The van der Waals surface area contributed by atoms with Gasteiger partial charge in [-0.25, -0.2) is 4.98 Å². The first-order valence-electron chi connectivity index (χ1n) is 9.90. The Kier molecular flexibility index (Phi) is 6.76. The first-order chi connectivity index (χ1) is 14.7. The number of para-hydroxylation sites is 1. The minimum Gasteiger partial charge on any atom is -0.484 e. The molecule has 1 fully saturated rings. The van der Waals surface area contributed by atoms with Crippen LogP contribution in [0.2, 0.25) is 0 Å². The Morgan fingerprint density at radius 2 is 1.90 bits per heavy atom. The lowest BCUT2D eigenvalue weighted by Crippen LogP contribution is -2.44. The van der Waals surface area contributed by atoms with E-state index in [9.17, 15) is 9.59 Å². The summed E-state index contributed by atoms with van der Waals surface area (Å²) in [5, 5.41) is 8.00. The summed E-state index contributed by atoms with van der Waals surface area (Å²) in [6.07, 6.45) is 1.33. The van der Waals surface area contributed by atoms with Crippen LogP contribution in [0, 0.1) is 5.92 Å². The lowest BCUT2D eigenvalue weighted by atomic mass is 9.96. The van der Waals surface area contributed by atoms with Crippen LogP contribution >= 0.6 is 22.7 Å². The van der Waals surface area contributed by atoms with Gasteiger partial charge in [-0.1, -0.05) is 24.3 Å². The maximum Gasteiger partial charge on any atom is 0.260 e. The molecule has 0 spiro atoms. The van der Waals surface area contributed by atoms with Crippen molar-refractivity contribution < 1.29 is 14.3 Å². The van der Waals surface area contributed by atoms with Crippen molar-refractivity contribution in [2.24, 2.45) is 5.92 Å². The van der Waals surface area contributed by atoms with Crippen LogP contribution in [-0.4, -0.2) is 41.4 Å². The molecule has 3 aromatic rings. The molecule has 156 valence electrons. The van der Waals surface area contributed by atoms with Gasteiger partial charge in [0.05, 0.1) is 17.1 Å². The molecule has 1 aromatic carbocycles. The Labute approximate surface area is 183 Å². The molecule has 1 N–H and O–H groups in total. The highest BCUT2D eigenvalue weighted by molar-refractivity contribution is 7.20. The molecule has 3 heterocycles. The number of aromatic nitrogens is 1. The van der Waals surface area contributed by atoms with Crippen LogP contribution in [-0.2, 0) is 16.1 Å². The number of thiazole rings is 1. The Bertz CT molecular complexity index is 965. The van der Waals surface area contributed by atoms with Crippen molar-refractivity contribution in [1.82, 2.24) is 15.2 Å². The summed E-state index contributed by atoms with van der Waals surface area (Å²) in [7, 11) is 0. The Hall–Kier alpha value is -2.71. The van der Waals surface area contributed by atoms with E-state index < -0.39 is 0 Å². The van der Waals surface area contributed by atoms with Gasteiger partial charge in [0.25, 0.3) is 5.91 Å². The van der Waals surface area contributed by atoms with Crippen molar-refractivity contribution in [1.29, 1.82) is 0 Å². The standard InChI is InChI=1S/C22H23N3O3S2/c26-20(14-28-18-5-2-1-3-6-18)25-10-8-16(9-11-25)21(27)23-13-17-15-30-22(24-17)19-7-4-12-29-19/h1-7,12,15-16H,8-11,13-14H2,(H,23,27). The second-order valence-electron chi connectivity index (χ2n) is 7.10. The molecule has 6 nitrogen and oxygen atoms in total. The van der Waals surface area contributed by atoms with Crippen molar-refractivity contribution >= 4 is 34.5 Å². The summed E-state index contributed by atoms with van der Waals surface area (Å²) in [6, 6.07) is 13.4. The predicted molar refractivity (Wildman–Crippen MR) is 119 cm³/mol. The van der Waals surface area contributed by atoms with E-state index in [1.54, 1.807) is 27.6 Å². The second kappa shape index (κ2) is 9.86. The number of hydrogen-bond donors (Lipinski definition) is 1. The van der Waals surface area contributed by atoms with Gasteiger partial charge in [0.1, 0.15) is 10.8 Å². The van der Waals surface area contributed by atoms with E-state index in [4.69, 9.17) is 4.74 Å². The average Bonchev–Trinajstić information content (AvgIpc) is 3.48. The summed E-state index contributed by atoms with van der Waals surface area (Å²) in [6.45, 7) is 1.62. The van der Waals surface area contributed by atoms with E-state index in [0.717, 1.165) is 15.6 Å². The number of hydrogen-bond acceptors (Lipinski definition) is 6. The molecule has 0 radical (unpaired) electrons. The van der Waals surface area contributed by atoms with Gasteiger partial charge in [0, 0.05) is 24.4 Å². The Balaban J connectivity index is 1.19. The molecule has 8 heteroatoms. The summed E-state index contributed by atoms with van der Waals surface area (Å²) in [5.41, 5.74) is 0.877. The maximum atomic E-state index is 12.5. The minimum atomic E-state index is -0.0699. The van der Waals surface area contributed by atoms with Crippen molar-refractivity contribution in [3.05, 3.63) is 58.9 Å².